The highest BCUT2D eigenvalue weighted by molar-refractivity contribution is 5.71. The van der Waals surface area contributed by atoms with Gasteiger partial charge in [0.25, 0.3) is 0 Å². The predicted molar refractivity (Wildman–Crippen MR) is 279 cm³/mol. The predicted octanol–water partition coefficient (Wildman–Crippen LogP) is 18.7. The minimum atomic E-state index is -0.793. The van der Waals surface area contributed by atoms with Gasteiger partial charge in [0, 0.05) is 19.3 Å². The molecule has 0 saturated heterocycles. The molecule has 1 atom stereocenters. The van der Waals surface area contributed by atoms with Crippen LogP contribution in [0.5, 0.6) is 0 Å². The standard InChI is InChI=1S/C59H106O6/c1-4-7-10-13-16-19-22-24-26-28-30-32-34-37-40-43-46-49-52-58(61)64-55-56(54-63-57(60)51-48-45-42-39-36-21-18-15-12-9-6-3)65-59(62)53-50-47-44-41-38-35-33-31-29-27-25-23-20-17-14-11-8-5-2/h9,12,18,21,30,32,39,42,56H,4-8,10-11,13-17,19-20,22-29,31,33-38,40-41,43-55H2,1-3H3/b12-9-,21-18-,32-30-,42-39-. The maximum Gasteiger partial charge on any atom is 0.306 e. The molecule has 0 fully saturated rings. The van der Waals surface area contributed by atoms with Crippen LogP contribution in [0.25, 0.3) is 0 Å². The number of rotatable bonds is 51. The van der Waals surface area contributed by atoms with Gasteiger partial charge in [0.1, 0.15) is 13.2 Å². The molecule has 378 valence electrons. The Hall–Kier alpha value is -2.63. The molecule has 0 rings (SSSR count). The van der Waals surface area contributed by atoms with Crippen molar-refractivity contribution in [1.82, 2.24) is 0 Å². The molecule has 0 heterocycles. The summed E-state index contributed by atoms with van der Waals surface area (Å²) in [4.78, 5) is 38.0. The van der Waals surface area contributed by atoms with Gasteiger partial charge < -0.3 is 14.2 Å². The topological polar surface area (TPSA) is 78.9 Å². The number of allylic oxidation sites excluding steroid dienone is 8. The Bertz CT molecular complexity index is 1140. The lowest BCUT2D eigenvalue weighted by molar-refractivity contribution is -0.167. The lowest BCUT2D eigenvalue weighted by Gasteiger charge is -2.18. The quantitative estimate of drug-likeness (QED) is 0.0262. The fraction of sp³-hybridized carbons (Fsp3) is 0.814. The molecular weight excluding hydrogens is 805 g/mol. The van der Waals surface area contributed by atoms with Gasteiger partial charge in [-0.25, -0.2) is 0 Å². The minimum absolute atomic E-state index is 0.0904. The Morgan fingerprint density at radius 1 is 0.323 bits per heavy atom. The first-order chi connectivity index (χ1) is 32.0. The van der Waals surface area contributed by atoms with E-state index in [9.17, 15) is 14.4 Å². The zero-order valence-corrected chi connectivity index (χ0v) is 43.3. The molecule has 0 saturated carbocycles. The molecule has 0 aliphatic heterocycles. The Morgan fingerprint density at radius 2 is 0.615 bits per heavy atom. The van der Waals surface area contributed by atoms with E-state index < -0.39 is 6.10 Å². The molecule has 0 aromatic rings. The average Bonchev–Trinajstić information content (AvgIpc) is 3.30. The van der Waals surface area contributed by atoms with E-state index in [1.807, 2.05) is 0 Å². The molecule has 0 spiro atoms. The van der Waals surface area contributed by atoms with Gasteiger partial charge in [-0.15, -0.1) is 0 Å². The number of esters is 3. The van der Waals surface area contributed by atoms with Crippen LogP contribution in [0.15, 0.2) is 48.6 Å². The van der Waals surface area contributed by atoms with Crippen LogP contribution >= 0.6 is 0 Å². The third-order valence-electron chi connectivity index (χ3n) is 12.3. The molecule has 0 aromatic heterocycles. The van der Waals surface area contributed by atoms with Gasteiger partial charge in [-0.1, -0.05) is 249 Å². The summed E-state index contributed by atoms with van der Waals surface area (Å²) in [6.07, 6.45) is 65.5. The first-order valence-corrected chi connectivity index (χ1v) is 28.1. The largest absolute Gasteiger partial charge is 0.462 e. The number of carbonyl (C=O) groups excluding carboxylic acids is 3. The fourth-order valence-electron chi connectivity index (χ4n) is 8.11. The van der Waals surface area contributed by atoms with E-state index in [4.69, 9.17) is 14.2 Å². The van der Waals surface area contributed by atoms with Crippen molar-refractivity contribution in [3.8, 4) is 0 Å². The van der Waals surface area contributed by atoms with Gasteiger partial charge in [-0.3, -0.25) is 14.4 Å². The molecule has 6 nitrogen and oxygen atoms in total. The minimum Gasteiger partial charge on any atom is -0.462 e. The third-order valence-corrected chi connectivity index (χ3v) is 12.3. The molecule has 6 heteroatoms. The summed E-state index contributed by atoms with van der Waals surface area (Å²) < 4.78 is 16.8. The summed E-state index contributed by atoms with van der Waals surface area (Å²) in [5, 5.41) is 0. The molecule has 0 N–H and O–H groups in total. The van der Waals surface area contributed by atoms with Crippen molar-refractivity contribution >= 4 is 17.9 Å². The fourth-order valence-corrected chi connectivity index (χ4v) is 8.11. The van der Waals surface area contributed by atoms with Gasteiger partial charge in [0.05, 0.1) is 0 Å². The maximum absolute atomic E-state index is 12.8. The zero-order valence-electron chi connectivity index (χ0n) is 43.3. The molecule has 0 radical (unpaired) electrons. The van der Waals surface area contributed by atoms with E-state index in [1.54, 1.807) is 0 Å². The van der Waals surface area contributed by atoms with Gasteiger partial charge in [0.2, 0.25) is 0 Å². The van der Waals surface area contributed by atoms with E-state index in [0.717, 1.165) is 70.6 Å². The third kappa shape index (κ3) is 52.2. The van der Waals surface area contributed by atoms with E-state index in [-0.39, 0.29) is 37.5 Å². The lowest BCUT2D eigenvalue weighted by atomic mass is 10.0. The van der Waals surface area contributed by atoms with Crippen LogP contribution in [0.3, 0.4) is 0 Å². The highest BCUT2D eigenvalue weighted by atomic mass is 16.6. The van der Waals surface area contributed by atoms with Crippen molar-refractivity contribution in [3.63, 3.8) is 0 Å². The second kappa shape index (κ2) is 54.0. The van der Waals surface area contributed by atoms with Crippen molar-refractivity contribution in [3.05, 3.63) is 48.6 Å². The first kappa shape index (κ1) is 62.4. The molecule has 0 aromatic carbocycles. The van der Waals surface area contributed by atoms with E-state index in [2.05, 4.69) is 69.4 Å². The number of ether oxygens (including phenoxy) is 3. The first-order valence-electron chi connectivity index (χ1n) is 28.1. The monoisotopic (exact) mass is 911 g/mol. The molecule has 1 unspecified atom stereocenters. The summed E-state index contributed by atoms with van der Waals surface area (Å²) in [5.74, 6) is -0.942. The number of hydrogen-bond donors (Lipinski definition) is 0. The molecule has 0 bridgehead atoms. The number of carbonyl (C=O) groups is 3. The van der Waals surface area contributed by atoms with Crippen LogP contribution in [0.2, 0.25) is 0 Å². The highest BCUT2D eigenvalue weighted by Gasteiger charge is 2.19. The van der Waals surface area contributed by atoms with Crippen LogP contribution in [0.1, 0.15) is 290 Å². The smallest absolute Gasteiger partial charge is 0.306 e. The van der Waals surface area contributed by atoms with Gasteiger partial charge in [-0.2, -0.15) is 0 Å². The number of unbranched alkanes of at least 4 members (excludes halogenated alkanes) is 32. The molecule has 65 heavy (non-hydrogen) atoms. The van der Waals surface area contributed by atoms with Gasteiger partial charge >= 0.3 is 17.9 Å². The van der Waals surface area contributed by atoms with Gasteiger partial charge in [0.15, 0.2) is 6.10 Å². The van der Waals surface area contributed by atoms with Crippen LogP contribution in [-0.4, -0.2) is 37.2 Å². The Morgan fingerprint density at radius 3 is 1.02 bits per heavy atom. The van der Waals surface area contributed by atoms with Crippen LogP contribution in [-0.2, 0) is 28.6 Å². The summed E-state index contributed by atoms with van der Waals surface area (Å²) in [5.41, 5.74) is 0. The summed E-state index contributed by atoms with van der Waals surface area (Å²) in [6, 6.07) is 0. The summed E-state index contributed by atoms with van der Waals surface area (Å²) in [6.45, 7) is 6.50. The Kier molecular flexibility index (Phi) is 51.8. The van der Waals surface area contributed by atoms with Crippen LogP contribution in [0, 0.1) is 0 Å². The summed E-state index contributed by atoms with van der Waals surface area (Å²) in [7, 11) is 0. The molecule has 0 aliphatic rings. The Balaban J connectivity index is 4.34. The molecule has 0 amide bonds. The van der Waals surface area contributed by atoms with E-state index >= 15 is 0 Å². The van der Waals surface area contributed by atoms with Crippen molar-refractivity contribution in [2.45, 2.75) is 297 Å². The normalized spacial score (nSPS) is 12.4. The van der Waals surface area contributed by atoms with E-state index in [0.29, 0.717) is 19.3 Å². The van der Waals surface area contributed by atoms with E-state index in [1.165, 1.54) is 173 Å². The second-order valence-corrected chi connectivity index (χ2v) is 18.8. The summed E-state index contributed by atoms with van der Waals surface area (Å²) >= 11 is 0. The SMILES string of the molecule is CC/C=C\C/C=C\C/C=C\CCCC(=O)OCC(COC(=O)CCCCCCC/C=C\CCCCCCCCCCC)OC(=O)CCCCCCCCCCCCCCCCCCCC. The number of hydrogen-bond acceptors (Lipinski definition) is 6. The molecule has 0 aliphatic carbocycles. The van der Waals surface area contributed by atoms with Crippen molar-refractivity contribution < 1.29 is 28.6 Å². The maximum atomic E-state index is 12.8. The second-order valence-electron chi connectivity index (χ2n) is 18.8. The van der Waals surface area contributed by atoms with Gasteiger partial charge in [-0.05, 0) is 70.6 Å². The Labute approximate surface area is 403 Å². The lowest BCUT2D eigenvalue weighted by Crippen LogP contribution is -2.30. The van der Waals surface area contributed by atoms with Crippen LogP contribution < -0.4 is 0 Å². The van der Waals surface area contributed by atoms with Crippen molar-refractivity contribution in [2.24, 2.45) is 0 Å². The van der Waals surface area contributed by atoms with Crippen LogP contribution in [0.4, 0.5) is 0 Å². The average molecular weight is 911 g/mol. The molecular formula is C59H106O6. The zero-order chi connectivity index (χ0) is 47.2. The highest BCUT2D eigenvalue weighted by Crippen LogP contribution is 2.16. The van der Waals surface area contributed by atoms with Crippen molar-refractivity contribution in [1.29, 1.82) is 0 Å². The van der Waals surface area contributed by atoms with Crippen molar-refractivity contribution in [2.75, 3.05) is 13.2 Å².